The number of hydrogen-bond donors (Lipinski definition) is 1. The maximum Gasteiger partial charge on any atom is 0.124 e. The molecule has 0 atom stereocenters. The first-order chi connectivity index (χ1) is 8.70. The zero-order valence-electron chi connectivity index (χ0n) is 10.8. The summed E-state index contributed by atoms with van der Waals surface area (Å²) in [6, 6.07) is 5.71. The molecule has 0 spiro atoms. The van der Waals surface area contributed by atoms with Gasteiger partial charge in [0, 0.05) is 22.7 Å². The lowest BCUT2D eigenvalue weighted by atomic mass is 10.0. The van der Waals surface area contributed by atoms with Crippen LogP contribution >= 0.6 is 22.6 Å². The largest absolute Gasteiger partial charge is 0.371 e. The molecule has 1 aromatic rings. The third-order valence-corrected chi connectivity index (χ3v) is 4.29. The Morgan fingerprint density at radius 1 is 1.39 bits per heavy atom. The SMILES string of the molecule is CCCNC1CCN(c2ccc(F)cc2I)CC1. The number of piperidine rings is 1. The van der Waals surface area contributed by atoms with E-state index in [-0.39, 0.29) is 5.82 Å². The quantitative estimate of drug-likeness (QED) is 0.826. The van der Waals surface area contributed by atoms with Crippen molar-refractivity contribution in [3.8, 4) is 0 Å². The minimum absolute atomic E-state index is 0.150. The fraction of sp³-hybridized carbons (Fsp3) is 0.571. The molecule has 1 heterocycles. The topological polar surface area (TPSA) is 15.3 Å². The van der Waals surface area contributed by atoms with Crippen molar-refractivity contribution in [1.82, 2.24) is 5.32 Å². The summed E-state index contributed by atoms with van der Waals surface area (Å²) >= 11 is 2.22. The number of anilines is 1. The molecule has 0 radical (unpaired) electrons. The standard InChI is InChI=1S/C14H20FIN2/c1-2-7-17-12-5-8-18(9-6-12)14-4-3-11(15)10-13(14)16/h3-4,10,12,17H,2,5-9H2,1H3. The summed E-state index contributed by atoms with van der Waals surface area (Å²) in [5, 5.41) is 3.58. The monoisotopic (exact) mass is 362 g/mol. The Morgan fingerprint density at radius 3 is 2.72 bits per heavy atom. The van der Waals surface area contributed by atoms with Gasteiger partial charge in [-0.05, 0) is 66.6 Å². The fourth-order valence-electron chi connectivity index (χ4n) is 2.41. The zero-order valence-corrected chi connectivity index (χ0v) is 12.9. The molecule has 18 heavy (non-hydrogen) atoms. The predicted octanol–water partition coefficient (Wildman–Crippen LogP) is 3.40. The Morgan fingerprint density at radius 2 is 2.11 bits per heavy atom. The van der Waals surface area contributed by atoms with Crippen molar-refractivity contribution >= 4 is 28.3 Å². The van der Waals surface area contributed by atoms with E-state index in [4.69, 9.17) is 0 Å². The molecule has 2 rings (SSSR count). The molecule has 0 amide bonds. The van der Waals surface area contributed by atoms with Crippen LogP contribution in [0.5, 0.6) is 0 Å². The van der Waals surface area contributed by atoms with Gasteiger partial charge in [-0.25, -0.2) is 4.39 Å². The van der Waals surface area contributed by atoms with Crippen LogP contribution in [-0.2, 0) is 0 Å². The van der Waals surface area contributed by atoms with Crippen LogP contribution in [0, 0.1) is 9.39 Å². The van der Waals surface area contributed by atoms with E-state index in [9.17, 15) is 4.39 Å². The average Bonchev–Trinajstić information content (AvgIpc) is 2.37. The van der Waals surface area contributed by atoms with E-state index in [1.807, 2.05) is 6.07 Å². The van der Waals surface area contributed by atoms with Gasteiger partial charge in [0.1, 0.15) is 5.82 Å². The molecule has 1 fully saturated rings. The van der Waals surface area contributed by atoms with Crippen molar-refractivity contribution in [1.29, 1.82) is 0 Å². The Bertz CT molecular complexity index is 389. The second-order valence-corrected chi connectivity index (χ2v) is 5.97. The molecule has 0 bridgehead atoms. The van der Waals surface area contributed by atoms with Crippen molar-refractivity contribution in [3.05, 3.63) is 27.6 Å². The zero-order chi connectivity index (χ0) is 13.0. The highest BCUT2D eigenvalue weighted by Gasteiger charge is 2.20. The van der Waals surface area contributed by atoms with Gasteiger partial charge in [-0.3, -0.25) is 0 Å². The molecule has 1 aromatic carbocycles. The summed E-state index contributed by atoms with van der Waals surface area (Å²) in [4.78, 5) is 2.37. The molecule has 0 unspecified atom stereocenters. The van der Waals surface area contributed by atoms with Crippen LogP contribution in [0.4, 0.5) is 10.1 Å². The lowest BCUT2D eigenvalue weighted by Gasteiger charge is -2.34. The van der Waals surface area contributed by atoms with E-state index in [0.29, 0.717) is 6.04 Å². The van der Waals surface area contributed by atoms with Crippen molar-refractivity contribution in [3.63, 3.8) is 0 Å². The molecule has 4 heteroatoms. The van der Waals surface area contributed by atoms with Gasteiger partial charge in [0.25, 0.3) is 0 Å². The van der Waals surface area contributed by atoms with E-state index < -0.39 is 0 Å². The first-order valence-electron chi connectivity index (χ1n) is 6.64. The van der Waals surface area contributed by atoms with Crippen molar-refractivity contribution < 1.29 is 4.39 Å². The van der Waals surface area contributed by atoms with Crippen LogP contribution in [0.1, 0.15) is 26.2 Å². The van der Waals surface area contributed by atoms with Gasteiger partial charge in [0.15, 0.2) is 0 Å². The Balaban J connectivity index is 1.93. The number of halogens is 2. The number of nitrogens with zero attached hydrogens (tertiary/aromatic N) is 1. The van der Waals surface area contributed by atoms with Gasteiger partial charge >= 0.3 is 0 Å². The third kappa shape index (κ3) is 3.57. The Kier molecular flexibility index (Phi) is 5.24. The highest BCUT2D eigenvalue weighted by molar-refractivity contribution is 14.1. The maximum absolute atomic E-state index is 13.1. The van der Waals surface area contributed by atoms with Gasteiger partial charge < -0.3 is 10.2 Å². The van der Waals surface area contributed by atoms with Crippen LogP contribution in [0.25, 0.3) is 0 Å². The van der Waals surface area contributed by atoms with E-state index in [0.717, 1.165) is 23.2 Å². The van der Waals surface area contributed by atoms with Crippen LogP contribution in [0.3, 0.4) is 0 Å². The number of rotatable bonds is 4. The van der Waals surface area contributed by atoms with Crippen LogP contribution in [-0.4, -0.2) is 25.7 Å². The van der Waals surface area contributed by atoms with Crippen LogP contribution < -0.4 is 10.2 Å². The number of hydrogen-bond acceptors (Lipinski definition) is 2. The molecule has 2 nitrogen and oxygen atoms in total. The minimum atomic E-state index is -0.150. The summed E-state index contributed by atoms with van der Waals surface area (Å²) in [6.45, 7) is 5.42. The lowest BCUT2D eigenvalue weighted by Crippen LogP contribution is -2.43. The van der Waals surface area contributed by atoms with E-state index >= 15 is 0 Å². The molecule has 0 aromatic heterocycles. The normalized spacial score (nSPS) is 17.2. The summed E-state index contributed by atoms with van der Waals surface area (Å²) in [5.41, 5.74) is 1.17. The number of nitrogens with one attached hydrogen (secondary N) is 1. The van der Waals surface area contributed by atoms with Gasteiger partial charge in [0.05, 0.1) is 5.69 Å². The van der Waals surface area contributed by atoms with Gasteiger partial charge in [-0.2, -0.15) is 0 Å². The summed E-state index contributed by atoms with van der Waals surface area (Å²) in [6.07, 6.45) is 3.54. The Hall–Kier alpha value is -0.360. The molecule has 1 N–H and O–H groups in total. The second kappa shape index (κ2) is 6.70. The van der Waals surface area contributed by atoms with Crippen molar-refractivity contribution in [2.75, 3.05) is 24.5 Å². The minimum Gasteiger partial charge on any atom is -0.371 e. The van der Waals surface area contributed by atoms with E-state index in [1.165, 1.54) is 24.9 Å². The molecule has 1 aliphatic rings. The van der Waals surface area contributed by atoms with Crippen LogP contribution in [0.15, 0.2) is 18.2 Å². The van der Waals surface area contributed by atoms with E-state index in [2.05, 4.69) is 39.7 Å². The number of benzene rings is 1. The molecular formula is C14H20FIN2. The van der Waals surface area contributed by atoms with Crippen molar-refractivity contribution in [2.45, 2.75) is 32.2 Å². The molecule has 0 aliphatic carbocycles. The summed E-state index contributed by atoms with van der Waals surface area (Å²) in [7, 11) is 0. The van der Waals surface area contributed by atoms with E-state index in [1.54, 1.807) is 12.1 Å². The maximum atomic E-state index is 13.1. The highest BCUT2D eigenvalue weighted by atomic mass is 127. The lowest BCUT2D eigenvalue weighted by molar-refractivity contribution is 0.415. The van der Waals surface area contributed by atoms with Gasteiger partial charge in [0.2, 0.25) is 0 Å². The molecule has 100 valence electrons. The first kappa shape index (κ1) is 14.1. The Labute approximate surface area is 122 Å². The predicted molar refractivity (Wildman–Crippen MR) is 82.6 cm³/mol. The third-order valence-electron chi connectivity index (χ3n) is 3.43. The average molecular weight is 362 g/mol. The highest BCUT2D eigenvalue weighted by Crippen LogP contribution is 2.26. The smallest absolute Gasteiger partial charge is 0.124 e. The molecule has 0 saturated carbocycles. The van der Waals surface area contributed by atoms with Gasteiger partial charge in [-0.15, -0.1) is 0 Å². The molecule has 1 aliphatic heterocycles. The van der Waals surface area contributed by atoms with Crippen LogP contribution in [0.2, 0.25) is 0 Å². The molecular weight excluding hydrogens is 342 g/mol. The summed E-state index contributed by atoms with van der Waals surface area (Å²) < 4.78 is 14.1. The first-order valence-corrected chi connectivity index (χ1v) is 7.72. The van der Waals surface area contributed by atoms with Crippen molar-refractivity contribution in [2.24, 2.45) is 0 Å². The molecule has 1 saturated heterocycles. The summed E-state index contributed by atoms with van der Waals surface area (Å²) in [5.74, 6) is -0.150. The fourth-order valence-corrected chi connectivity index (χ4v) is 3.23. The van der Waals surface area contributed by atoms with Gasteiger partial charge in [-0.1, -0.05) is 6.92 Å². The second-order valence-electron chi connectivity index (χ2n) is 4.81.